The van der Waals surface area contributed by atoms with E-state index in [-0.39, 0.29) is 0 Å². The van der Waals surface area contributed by atoms with Crippen molar-refractivity contribution in [1.29, 1.82) is 0 Å². The highest BCUT2D eigenvalue weighted by Gasteiger charge is 2.42. The Kier molecular flexibility index (Phi) is 5.29. The largest absolute Gasteiger partial charge is 0.385 e. The molecule has 3 rings (SSSR count). The minimum Gasteiger partial charge on any atom is -0.385 e. The third-order valence-corrected chi connectivity index (χ3v) is 6.37. The van der Waals surface area contributed by atoms with Crippen molar-refractivity contribution in [3.05, 3.63) is 88.1 Å². The van der Waals surface area contributed by atoms with E-state index in [1.54, 1.807) is 0 Å². The Morgan fingerprint density at radius 2 is 1.46 bits per heavy atom. The highest BCUT2D eigenvalue weighted by atomic mass is 28.3. The predicted octanol–water partition coefficient (Wildman–Crippen LogP) is 4.03. The number of allylic oxidation sites excluding steroid dienone is 1. The molecular formula is C23H24O2Si. The van der Waals surface area contributed by atoms with E-state index in [1.165, 1.54) is 0 Å². The van der Waals surface area contributed by atoms with Gasteiger partial charge in [-0.2, -0.15) is 0 Å². The second-order valence-corrected chi connectivity index (χ2v) is 12.6. The van der Waals surface area contributed by atoms with Gasteiger partial charge in [0, 0.05) is 5.56 Å². The van der Waals surface area contributed by atoms with Gasteiger partial charge in [0.2, 0.25) is 0 Å². The Balaban J connectivity index is 2.09. The van der Waals surface area contributed by atoms with Gasteiger partial charge in [0.1, 0.15) is 12.2 Å². The molecule has 26 heavy (non-hydrogen) atoms. The van der Waals surface area contributed by atoms with Crippen molar-refractivity contribution in [2.75, 3.05) is 0 Å². The van der Waals surface area contributed by atoms with E-state index < -0.39 is 20.3 Å². The number of hydrogen-bond donors (Lipinski definition) is 2. The average molecular weight is 361 g/mol. The van der Waals surface area contributed by atoms with Crippen LogP contribution in [-0.2, 0) is 0 Å². The van der Waals surface area contributed by atoms with Gasteiger partial charge in [-0.3, -0.25) is 0 Å². The van der Waals surface area contributed by atoms with Crippen molar-refractivity contribution < 1.29 is 10.2 Å². The third kappa shape index (κ3) is 3.89. The Hall–Kier alpha value is -2.38. The molecule has 1 aliphatic carbocycles. The molecule has 1 aliphatic rings. The molecule has 0 bridgehead atoms. The first-order chi connectivity index (χ1) is 12.4. The summed E-state index contributed by atoms with van der Waals surface area (Å²) < 4.78 is 0. The van der Waals surface area contributed by atoms with Crippen LogP contribution in [0.2, 0.25) is 19.6 Å². The monoisotopic (exact) mass is 360 g/mol. The Bertz CT molecular complexity index is 894. The number of benzene rings is 2. The topological polar surface area (TPSA) is 40.5 Å². The van der Waals surface area contributed by atoms with Gasteiger partial charge in [-0.05, 0) is 40.1 Å². The van der Waals surface area contributed by atoms with Crippen molar-refractivity contribution in [1.82, 2.24) is 0 Å². The molecule has 2 aromatic rings. The summed E-state index contributed by atoms with van der Waals surface area (Å²) in [5, 5.41) is 21.8. The van der Waals surface area contributed by atoms with E-state index in [4.69, 9.17) is 0 Å². The number of aliphatic hydroxyl groups excluding tert-OH is 2. The summed E-state index contributed by atoms with van der Waals surface area (Å²) in [7, 11) is -1.81. The van der Waals surface area contributed by atoms with Gasteiger partial charge < -0.3 is 10.2 Å². The van der Waals surface area contributed by atoms with Crippen LogP contribution in [0.25, 0.3) is 6.08 Å². The van der Waals surface area contributed by atoms with Crippen molar-refractivity contribution in [2.24, 2.45) is 0 Å². The van der Waals surface area contributed by atoms with E-state index in [0.29, 0.717) is 0 Å². The number of rotatable bonds is 2. The van der Waals surface area contributed by atoms with Gasteiger partial charge in [-0.1, -0.05) is 80.0 Å². The fourth-order valence-electron chi connectivity index (χ4n) is 3.06. The molecule has 1 saturated carbocycles. The fourth-order valence-corrected chi connectivity index (χ4v) is 4.60. The molecule has 1 fully saturated rings. The van der Waals surface area contributed by atoms with E-state index >= 15 is 0 Å². The molecule has 0 radical (unpaired) electrons. The Labute approximate surface area is 156 Å². The molecule has 0 aliphatic heterocycles. The van der Waals surface area contributed by atoms with Gasteiger partial charge in [0.25, 0.3) is 0 Å². The first-order valence-corrected chi connectivity index (χ1v) is 12.3. The van der Waals surface area contributed by atoms with Crippen molar-refractivity contribution in [3.63, 3.8) is 0 Å². The van der Waals surface area contributed by atoms with Crippen molar-refractivity contribution >= 4 is 14.1 Å². The second-order valence-electron chi connectivity index (χ2n) is 7.55. The molecule has 2 nitrogen and oxygen atoms in total. The maximum Gasteiger partial charge on any atom is 0.110 e. The molecule has 2 N–H and O–H groups in total. The standard InChI is InChI=1S/C23H24O2Si/c1-26(2,3)20(15-14-17-10-6-4-7-11-17)21-19(22(24)23(21)25)16-18-12-8-5-9-13-18/h4-13,16,22-25H,1-3H3/b19-16+,21-20-/t22-,23+/m1/s1. The zero-order chi connectivity index (χ0) is 18.7. The molecule has 0 heterocycles. The van der Waals surface area contributed by atoms with Crippen LogP contribution in [0.1, 0.15) is 11.1 Å². The molecular weight excluding hydrogens is 336 g/mol. The fraction of sp³-hybridized carbons (Fsp3) is 0.217. The van der Waals surface area contributed by atoms with Gasteiger partial charge in [-0.15, -0.1) is 0 Å². The minimum atomic E-state index is -1.81. The van der Waals surface area contributed by atoms with E-state index in [1.807, 2.05) is 66.7 Å². The van der Waals surface area contributed by atoms with Crippen LogP contribution < -0.4 is 0 Å². The lowest BCUT2D eigenvalue weighted by molar-refractivity contribution is 0.0354. The summed E-state index contributed by atoms with van der Waals surface area (Å²) in [5.74, 6) is 6.55. The SMILES string of the molecule is C[Si](C)(C)/C(C#Cc1ccccc1)=C1/C(=C\c2ccccc2)[C@@H](O)[C@H]1O. The number of aliphatic hydroxyl groups is 2. The van der Waals surface area contributed by atoms with Crippen LogP contribution in [0.5, 0.6) is 0 Å². The Morgan fingerprint density at radius 1 is 0.885 bits per heavy atom. The molecule has 0 saturated heterocycles. The van der Waals surface area contributed by atoms with Crippen LogP contribution in [0.3, 0.4) is 0 Å². The quantitative estimate of drug-likeness (QED) is 0.627. The smallest absolute Gasteiger partial charge is 0.110 e. The first-order valence-electron chi connectivity index (χ1n) is 8.83. The molecule has 0 spiro atoms. The maximum atomic E-state index is 10.5. The van der Waals surface area contributed by atoms with E-state index in [0.717, 1.165) is 27.5 Å². The zero-order valence-electron chi connectivity index (χ0n) is 15.4. The molecule has 132 valence electrons. The van der Waals surface area contributed by atoms with Crippen molar-refractivity contribution in [3.8, 4) is 11.8 Å². The summed E-state index contributed by atoms with van der Waals surface area (Å²) in [6.45, 7) is 6.64. The third-order valence-electron chi connectivity index (χ3n) is 4.47. The molecule has 0 unspecified atom stereocenters. The van der Waals surface area contributed by atoms with Crippen LogP contribution in [0, 0.1) is 11.8 Å². The molecule has 2 aromatic carbocycles. The second kappa shape index (κ2) is 7.47. The van der Waals surface area contributed by atoms with Gasteiger partial charge in [-0.25, -0.2) is 0 Å². The van der Waals surface area contributed by atoms with Crippen molar-refractivity contribution in [2.45, 2.75) is 31.8 Å². The number of hydrogen-bond acceptors (Lipinski definition) is 2. The average Bonchev–Trinajstić information content (AvgIpc) is 2.64. The summed E-state index contributed by atoms with van der Waals surface area (Å²) in [6, 6.07) is 19.7. The minimum absolute atomic E-state index is 0.781. The summed E-state index contributed by atoms with van der Waals surface area (Å²) in [6.07, 6.45) is 0.240. The molecule has 2 atom stereocenters. The highest BCUT2D eigenvalue weighted by molar-refractivity contribution is 6.84. The predicted molar refractivity (Wildman–Crippen MR) is 110 cm³/mol. The normalized spacial score (nSPS) is 23.0. The van der Waals surface area contributed by atoms with Gasteiger partial charge in [0.05, 0.1) is 8.07 Å². The van der Waals surface area contributed by atoms with Gasteiger partial charge in [0.15, 0.2) is 0 Å². The summed E-state index contributed by atoms with van der Waals surface area (Å²) >= 11 is 0. The van der Waals surface area contributed by atoms with E-state index in [2.05, 4.69) is 31.5 Å². The Morgan fingerprint density at radius 3 is 2.04 bits per heavy atom. The lowest BCUT2D eigenvalue weighted by atomic mass is 9.78. The lowest BCUT2D eigenvalue weighted by Gasteiger charge is -2.39. The van der Waals surface area contributed by atoms with Crippen LogP contribution in [0.15, 0.2) is 77.0 Å². The van der Waals surface area contributed by atoms with Crippen LogP contribution in [-0.4, -0.2) is 30.5 Å². The molecule has 3 heteroatoms. The van der Waals surface area contributed by atoms with Gasteiger partial charge >= 0.3 is 0 Å². The van der Waals surface area contributed by atoms with Crippen LogP contribution in [0.4, 0.5) is 0 Å². The summed E-state index contributed by atoms with van der Waals surface area (Å²) in [5.41, 5.74) is 3.55. The van der Waals surface area contributed by atoms with Crippen LogP contribution >= 0.6 is 0 Å². The first kappa shape index (κ1) is 18.4. The lowest BCUT2D eigenvalue weighted by Crippen LogP contribution is -2.45. The highest BCUT2D eigenvalue weighted by Crippen LogP contribution is 2.40. The maximum absolute atomic E-state index is 10.5. The van der Waals surface area contributed by atoms with E-state index in [9.17, 15) is 10.2 Å². The summed E-state index contributed by atoms with van der Waals surface area (Å²) in [4.78, 5) is 0. The molecule has 0 aromatic heterocycles. The zero-order valence-corrected chi connectivity index (χ0v) is 16.4. The molecule has 0 amide bonds.